The average molecular weight is 233 g/mol. The fraction of sp³-hybridized carbons (Fsp3) is 0.667. The number of carbonyl (C=O) groups is 1. The Morgan fingerprint density at radius 2 is 2.20 bits per heavy atom. The molecule has 15 heavy (non-hydrogen) atoms. The highest BCUT2D eigenvalue weighted by molar-refractivity contribution is 7.89. The SMILES string of the molecule is C=CCS(=O)(=O)N1CCCC[C@@H]1C(=O)O. The van der Waals surface area contributed by atoms with E-state index in [2.05, 4.69) is 6.58 Å². The second-order valence-corrected chi connectivity index (χ2v) is 5.49. The van der Waals surface area contributed by atoms with Crippen molar-refractivity contribution >= 4 is 16.0 Å². The van der Waals surface area contributed by atoms with Crippen LogP contribution in [-0.4, -0.2) is 42.1 Å². The Balaban J connectivity index is 2.89. The van der Waals surface area contributed by atoms with Crippen LogP contribution in [0.1, 0.15) is 19.3 Å². The molecule has 0 aromatic heterocycles. The van der Waals surface area contributed by atoms with E-state index in [0.29, 0.717) is 13.0 Å². The van der Waals surface area contributed by atoms with Crippen LogP contribution in [0.25, 0.3) is 0 Å². The van der Waals surface area contributed by atoms with Crippen molar-refractivity contribution in [2.45, 2.75) is 25.3 Å². The lowest BCUT2D eigenvalue weighted by atomic mass is 10.1. The predicted molar refractivity (Wildman–Crippen MR) is 56.0 cm³/mol. The van der Waals surface area contributed by atoms with E-state index >= 15 is 0 Å². The fourth-order valence-electron chi connectivity index (χ4n) is 1.73. The third-order valence-electron chi connectivity index (χ3n) is 2.42. The summed E-state index contributed by atoms with van der Waals surface area (Å²) >= 11 is 0. The van der Waals surface area contributed by atoms with E-state index in [4.69, 9.17) is 5.11 Å². The minimum atomic E-state index is -3.49. The van der Waals surface area contributed by atoms with Crippen LogP contribution in [0, 0.1) is 0 Å². The summed E-state index contributed by atoms with van der Waals surface area (Å²) in [5, 5.41) is 8.91. The minimum Gasteiger partial charge on any atom is -0.480 e. The molecule has 1 N–H and O–H groups in total. The van der Waals surface area contributed by atoms with Gasteiger partial charge in [0, 0.05) is 6.54 Å². The summed E-state index contributed by atoms with van der Waals surface area (Å²) in [6.45, 7) is 3.66. The smallest absolute Gasteiger partial charge is 0.322 e. The van der Waals surface area contributed by atoms with Gasteiger partial charge in [-0.25, -0.2) is 8.42 Å². The van der Waals surface area contributed by atoms with Gasteiger partial charge in [-0.1, -0.05) is 6.08 Å². The van der Waals surface area contributed by atoms with Gasteiger partial charge in [-0.3, -0.25) is 4.79 Å². The summed E-state index contributed by atoms with van der Waals surface area (Å²) in [5.41, 5.74) is 0. The van der Waals surface area contributed by atoms with Crippen molar-refractivity contribution in [2.75, 3.05) is 12.3 Å². The molecule has 6 heteroatoms. The van der Waals surface area contributed by atoms with Crippen LogP contribution in [0.4, 0.5) is 0 Å². The van der Waals surface area contributed by atoms with E-state index in [1.165, 1.54) is 6.08 Å². The molecule has 0 spiro atoms. The molecule has 86 valence electrons. The van der Waals surface area contributed by atoms with Gasteiger partial charge in [0.05, 0.1) is 5.75 Å². The van der Waals surface area contributed by atoms with Crippen molar-refractivity contribution in [1.29, 1.82) is 0 Å². The largest absolute Gasteiger partial charge is 0.480 e. The second-order valence-electron chi connectivity index (χ2n) is 3.53. The summed E-state index contributed by atoms with van der Waals surface area (Å²) in [6.07, 6.45) is 3.16. The third-order valence-corrected chi connectivity index (χ3v) is 4.23. The summed E-state index contributed by atoms with van der Waals surface area (Å²) < 4.78 is 24.5. The van der Waals surface area contributed by atoms with E-state index in [1.54, 1.807) is 0 Å². The predicted octanol–water partition coefficient (Wildman–Crippen LogP) is 0.441. The maximum Gasteiger partial charge on any atom is 0.322 e. The first-order chi connectivity index (χ1) is 6.99. The molecule has 1 atom stereocenters. The van der Waals surface area contributed by atoms with Gasteiger partial charge in [-0.05, 0) is 19.3 Å². The molecular formula is C9H15NO4S. The average Bonchev–Trinajstić information content (AvgIpc) is 2.17. The second kappa shape index (κ2) is 4.76. The molecule has 0 aliphatic carbocycles. The maximum atomic E-state index is 11.7. The molecule has 1 aliphatic heterocycles. The lowest BCUT2D eigenvalue weighted by molar-refractivity contribution is -0.142. The van der Waals surface area contributed by atoms with Crippen molar-refractivity contribution in [2.24, 2.45) is 0 Å². The van der Waals surface area contributed by atoms with Crippen molar-refractivity contribution in [3.05, 3.63) is 12.7 Å². The van der Waals surface area contributed by atoms with Crippen LogP contribution < -0.4 is 0 Å². The molecule has 0 aromatic rings. The summed E-state index contributed by atoms with van der Waals surface area (Å²) in [7, 11) is -3.49. The van der Waals surface area contributed by atoms with Crippen LogP contribution >= 0.6 is 0 Å². The van der Waals surface area contributed by atoms with E-state index < -0.39 is 22.0 Å². The lowest BCUT2D eigenvalue weighted by Crippen LogP contribution is -2.48. The van der Waals surface area contributed by atoms with Crippen LogP contribution in [0.3, 0.4) is 0 Å². The molecule has 1 rings (SSSR count). The first kappa shape index (κ1) is 12.2. The van der Waals surface area contributed by atoms with Gasteiger partial charge in [0.1, 0.15) is 6.04 Å². The number of aliphatic carboxylic acids is 1. The quantitative estimate of drug-likeness (QED) is 0.715. The number of carboxylic acid groups (broad SMARTS) is 1. The first-order valence-electron chi connectivity index (χ1n) is 4.82. The van der Waals surface area contributed by atoms with Crippen LogP contribution in [-0.2, 0) is 14.8 Å². The normalized spacial score (nSPS) is 23.6. The minimum absolute atomic E-state index is 0.198. The maximum absolute atomic E-state index is 11.7. The van der Waals surface area contributed by atoms with Crippen molar-refractivity contribution in [3.63, 3.8) is 0 Å². The zero-order chi connectivity index (χ0) is 11.5. The van der Waals surface area contributed by atoms with Gasteiger partial charge in [0.15, 0.2) is 0 Å². The van der Waals surface area contributed by atoms with Gasteiger partial charge >= 0.3 is 5.97 Å². The molecule has 0 unspecified atom stereocenters. The number of rotatable bonds is 4. The number of piperidine rings is 1. The fourth-order valence-corrected chi connectivity index (χ4v) is 3.21. The Kier molecular flexibility index (Phi) is 3.87. The van der Waals surface area contributed by atoms with Gasteiger partial charge < -0.3 is 5.11 Å². The highest BCUT2D eigenvalue weighted by Crippen LogP contribution is 2.20. The standard InChI is InChI=1S/C9H15NO4S/c1-2-7-15(13,14)10-6-4-3-5-8(10)9(11)12/h2,8H,1,3-7H2,(H,11,12)/t8-/m1/s1. The van der Waals surface area contributed by atoms with E-state index in [0.717, 1.165) is 17.1 Å². The summed E-state index contributed by atoms with van der Waals surface area (Å²) in [5.74, 6) is -1.26. The van der Waals surface area contributed by atoms with Gasteiger partial charge in [-0.2, -0.15) is 4.31 Å². The molecule has 5 nitrogen and oxygen atoms in total. The third kappa shape index (κ3) is 2.79. The lowest BCUT2D eigenvalue weighted by Gasteiger charge is -2.31. The summed E-state index contributed by atoms with van der Waals surface area (Å²) in [6, 6.07) is -0.899. The van der Waals surface area contributed by atoms with E-state index in [9.17, 15) is 13.2 Å². The highest BCUT2D eigenvalue weighted by Gasteiger charge is 2.35. The molecule has 0 amide bonds. The molecule has 0 bridgehead atoms. The Morgan fingerprint density at radius 3 is 2.73 bits per heavy atom. The Hall–Kier alpha value is -0.880. The topological polar surface area (TPSA) is 74.7 Å². The molecular weight excluding hydrogens is 218 g/mol. The molecule has 1 aliphatic rings. The van der Waals surface area contributed by atoms with E-state index in [1.807, 2.05) is 0 Å². The zero-order valence-corrected chi connectivity index (χ0v) is 9.24. The summed E-state index contributed by atoms with van der Waals surface area (Å²) in [4.78, 5) is 10.9. The number of sulfonamides is 1. The Bertz CT molecular complexity index is 349. The number of nitrogens with zero attached hydrogens (tertiary/aromatic N) is 1. The molecule has 0 saturated carbocycles. The number of hydrogen-bond acceptors (Lipinski definition) is 3. The van der Waals surface area contributed by atoms with Crippen molar-refractivity contribution in [3.8, 4) is 0 Å². The number of carboxylic acids is 1. The first-order valence-corrected chi connectivity index (χ1v) is 6.43. The van der Waals surface area contributed by atoms with Gasteiger partial charge in [0.25, 0.3) is 0 Å². The van der Waals surface area contributed by atoms with Crippen LogP contribution in [0.2, 0.25) is 0 Å². The molecule has 0 aromatic carbocycles. The van der Waals surface area contributed by atoms with Crippen LogP contribution in [0.15, 0.2) is 12.7 Å². The Morgan fingerprint density at radius 1 is 1.53 bits per heavy atom. The highest BCUT2D eigenvalue weighted by atomic mass is 32.2. The van der Waals surface area contributed by atoms with Gasteiger partial charge in [0.2, 0.25) is 10.0 Å². The zero-order valence-electron chi connectivity index (χ0n) is 8.42. The van der Waals surface area contributed by atoms with Gasteiger partial charge in [-0.15, -0.1) is 6.58 Å². The van der Waals surface area contributed by atoms with E-state index in [-0.39, 0.29) is 5.75 Å². The van der Waals surface area contributed by atoms with Crippen molar-refractivity contribution in [1.82, 2.24) is 4.31 Å². The number of hydrogen-bond donors (Lipinski definition) is 1. The van der Waals surface area contributed by atoms with Crippen LogP contribution in [0.5, 0.6) is 0 Å². The molecule has 1 fully saturated rings. The molecule has 0 radical (unpaired) electrons. The Labute approximate surface area is 89.4 Å². The van der Waals surface area contributed by atoms with Crippen molar-refractivity contribution < 1.29 is 18.3 Å². The molecule has 1 saturated heterocycles. The molecule has 1 heterocycles. The monoisotopic (exact) mass is 233 g/mol.